The topological polar surface area (TPSA) is 26.0 Å². The van der Waals surface area contributed by atoms with Crippen LogP contribution >= 0.6 is 12.4 Å². The third-order valence-corrected chi connectivity index (χ3v) is 5.43. The first-order valence-electron chi connectivity index (χ1n) is 9.35. The molecular formula is C21H33ClFN. The average molecular weight is 354 g/mol. The predicted molar refractivity (Wildman–Crippen MR) is 105 cm³/mol. The molecule has 24 heavy (non-hydrogen) atoms. The van der Waals surface area contributed by atoms with Crippen molar-refractivity contribution in [2.75, 3.05) is 6.54 Å². The standard InChI is InChI=1S/C21H32FN.ClH/c22-17-8-9-19-10-12-20(13-11-19)21(15-5-3-6-16-21)14-4-1-2-7-18-23;/h8,10-13,17H,1-7,9,14-16,18,23H2;1H/b17-8+;. The highest BCUT2D eigenvalue weighted by atomic mass is 35.5. The van der Waals surface area contributed by atoms with E-state index in [4.69, 9.17) is 5.73 Å². The summed E-state index contributed by atoms with van der Waals surface area (Å²) in [6, 6.07) is 8.96. The van der Waals surface area contributed by atoms with Crippen LogP contribution in [0.25, 0.3) is 0 Å². The third-order valence-electron chi connectivity index (χ3n) is 5.43. The molecule has 0 aromatic heterocycles. The first kappa shape index (κ1) is 21.2. The minimum atomic E-state index is 0. The molecular weight excluding hydrogens is 321 g/mol. The molecule has 0 spiro atoms. The minimum absolute atomic E-state index is 0. The van der Waals surface area contributed by atoms with Crippen molar-refractivity contribution in [3.05, 3.63) is 47.8 Å². The molecule has 0 unspecified atom stereocenters. The summed E-state index contributed by atoms with van der Waals surface area (Å²) in [4.78, 5) is 0. The molecule has 0 aliphatic heterocycles. The Morgan fingerprint density at radius 2 is 1.62 bits per heavy atom. The lowest BCUT2D eigenvalue weighted by atomic mass is 9.66. The summed E-state index contributed by atoms with van der Waals surface area (Å²) < 4.78 is 12.1. The Kier molecular flexibility index (Phi) is 10.3. The molecule has 1 saturated carbocycles. The Morgan fingerprint density at radius 3 is 2.25 bits per heavy atom. The summed E-state index contributed by atoms with van der Waals surface area (Å²) in [6.07, 6.45) is 16.0. The van der Waals surface area contributed by atoms with Crippen LogP contribution in [-0.4, -0.2) is 6.54 Å². The maximum absolute atomic E-state index is 12.1. The van der Waals surface area contributed by atoms with Gasteiger partial charge in [-0.25, -0.2) is 4.39 Å². The number of hydrogen-bond donors (Lipinski definition) is 1. The van der Waals surface area contributed by atoms with Gasteiger partial charge in [0.1, 0.15) is 0 Å². The second kappa shape index (κ2) is 11.7. The van der Waals surface area contributed by atoms with Gasteiger partial charge < -0.3 is 5.73 Å². The molecule has 0 bridgehead atoms. The van der Waals surface area contributed by atoms with Crippen molar-refractivity contribution >= 4 is 12.4 Å². The number of unbranched alkanes of at least 4 members (excludes halogenated alkanes) is 3. The van der Waals surface area contributed by atoms with Crippen molar-refractivity contribution < 1.29 is 4.39 Å². The summed E-state index contributed by atoms with van der Waals surface area (Å²) in [5, 5.41) is 0. The van der Waals surface area contributed by atoms with Gasteiger partial charge >= 0.3 is 0 Å². The van der Waals surface area contributed by atoms with Gasteiger partial charge in [0, 0.05) is 0 Å². The maximum atomic E-state index is 12.1. The molecule has 0 radical (unpaired) electrons. The van der Waals surface area contributed by atoms with Gasteiger partial charge in [-0.2, -0.15) is 0 Å². The average Bonchev–Trinajstić information content (AvgIpc) is 2.61. The van der Waals surface area contributed by atoms with Gasteiger partial charge in [0.2, 0.25) is 0 Å². The molecule has 1 fully saturated rings. The van der Waals surface area contributed by atoms with E-state index in [1.165, 1.54) is 68.9 Å². The van der Waals surface area contributed by atoms with Crippen LogP contribution in [0, 0.1) is 0 Å². The van der Waals surface area contributed by atoms with Gasteiger partial charge in [0.25, 0.3) is 0 Å². The van der Waals surface area contributed by atoms with E-state index in [0.717, 1.165) is 13.0 Å². The molecule has 2 N–H and O–H groups in total. The van der Waals surface area contributed by atoms with Crippen molar-refractivity contribution in [3.8, 4) is 0 Å². The smallest absolute Gasteiger partial charge is 0.0830 e. The van der Waals surface area contributed by atoms with E-state index in [2.05, 4.69) is 24.3 Å². The van der Waals surface area contributed by atoms with Crippen LogP contribution in [0.15, 0.2) is 36.7 Å². The normalized spacial score (nSPS) is 16.9. The molecule has 2 rings (SSSR count). The second-order valence-electron chi connectivity index (χ2n) is 7.06. The zero-order valence-electron chi connectivity index (χ0n) is 14.8. The fourth-order valence-electron chi connectivity index (χ4n) is 4.05. The lowest BCUT2D eigenvalue weighted by Crippen LogP contribution is -2.29. The summed E-state index contributed by atoms with van der Waals surface area (Å²) >= 11 is 0. The van der Waals surface area contributed by atoms with Crippen molar-refractivity contribution in [2.24, 2.45) is 5.73 Å². The summed E-state index contributed by atoms with van der Waals surface area (Å²) in [5.41, 5.74) is 8.67. The molecule has 136 valence electrons. The van der Waals surface area contributed by atoms with Crippen molar-refractivity contribution in [1.82, 2.24) is 0 Å². The van der Waals surface area contributed by atoms with Gasteiger partial charge in [0.15, 0.2) is 0 Å². The highest BCUT2D eigenvalue weighted by molar-refractivity contribution is 5.85. The third kappa shape index (κ3) is 6.22. The SMILES string of the molecule is Cl.NCCCCCCC1(c2ccc(C/C=C/F)cc2)CCCCC1. The molecule has 1 aromatic carbocycles. The summed E-state index contributed by atoms with van der Waals surface area (Å²) in [5.74, 6) is 0. The van der Waals surface area contributed by atoms with Gasteiger partial charge in [-0.05, 0) is 55.2 Å². The summed E-state index contributed by atoms with van der Waals surface area (Å²) in [7, 11) is 0. The fraction of sp³-hybridized carbons (Fsp3) is 0.619. The van der Waals surface area contributed by atoms with E-state index >= 15 is 0 Å². The number of nitrogens with two attached hydrogens (primary N) is 1. The van der Waals surface area contributed by atoms with E-state index in [9.17, 15) is 4.39 Å². The molecule has 3 heteroatoms. The molecule has 0 amide bonds. The van der Waals surface area contributed by atoms with Crippen LogP contribution in [0.4, 0.5) is 4.39 Å². The Morgan fingerprint density at radius 1 is 0.958 bits per heavy atom. The highest BCUT2D eigenvalue weighted by Crippen LogP contribution is 2.43. The van der Waals surface area contributed by atoms with Crippen LogP contribution < -0.4 is 5.73 Å². The van der Waals surface area contributed by atoms with E-state index < -0.39 is 0 Å². The molecule has 0 heterocycles. The van der Waals surface area contributed by atoms with Gasteiger partial charge in [-0.3, -0.25) is 0 Å². The zero-order valence-corrected chi connectivity index (χ0v) is 15.6. The van der Waals surface area contributed by atoms with Crippen LogP contribution in [0.2, 0.25) is 0 Å². The fourth-order valence-corrected chi connectivity index (χ4v) is 4.05. The van der Waals surface area contributed by atoms with Crippen molar-refractivity contribution in [3.63, 3.8) is 0 Å². The number of allylic oxidation sites excluding steroid dienone is 1. The number of hydrogen-bond acceptors (Lipinski definition) is 1. The number of benzene rings is 1. The van der Waals surface area contributed by atoms with E-state index in [1.54, 1.807) is 6.08 Å². The zero-order chi connectivity index (χ0) is 16.4. The summed E-state index contributed by atoms with van der Waals surface area (Å²) in [6.45, 7) is 0.819. The first-order chi connectivity index (χ1) is 11.3. The predicted octanol–water partition coefficient (Wildman–Crippen LogP) is 6.25. The molecule has 1 aliphatic carbocycles. The molecule has 0 atom stereocenters. The monoisotopic (exact) mass is 353 g/mol. The maximum Gasteiger partial charge on any atom is 0.0830 e. The Labute approximate surface area is 153 Å². The van der Waals surface area contributed by atoms with E-state index in [0.29, 0.717) is 18.2 Å². The van der Waals surface area contributed by atoms with Crippen LogP contribution in [0.5, 0.6) is 0 Å². The first-order valence-corrected chi connectivity index (χ1v) is 9.35. The van der Waals surface area contributed by atoms with Crippen LogP contribution in [0.1, 0.15) is 75.3 Å². The molecule has 1 nitrogen and oxygen atoms in total. The quantitative estimate of drug-likeness (QED) is 0.522. The molecule has 1 aromatic rings. The second-order valence-corrected chi connectivity index (χ2v) is 7.06. The van der Waals surface area contributed by atoms with Crippen LogP contribution in [-0.2, 0) is 11.8 Å². The Bertz CT molecular complexity index is 463. The van der Waals surface area contributed by atoms with Crippen molar-refractivity contribution in [2.45, 2.75) is 76.0 Å². The lowest BCUT2D eigenvalue weighted by molar-refractivity contribution is 0.265. The van der Waals surface area contributed by atoms with E-state index in [-0.39, 0.29) is 12.4 Å². The van der Waals surface area contributed by atoms with Gasteiger partial charge in [-0.1, -0.05) is 68.9 Å². The van der Waals surface area contributed by atoms with Gasteiger partial charge in [0.05, 0.1) is 6.33 Å². The molecule has 0 saturated heterocycles. The van der Waals surface area contributed by atoms with E-state index in [1.807, 2.05) is 0 Å². The minimum Gasteiger partial charge on any atom is -0.330 e. The van der Waals surface area contributed by atoms with Gasteiger partial charge in [-0.15, -0.1) is 12.4 Å². The number of halogens is 2. The Balaban J connectivity index is 0.00000288. The highest BCUT2D eigenvalue weighted by Gasteiger charge is 2.33. The Hall–Kier alpha value is -0.860. The largest absolute Gasteiger partial charge is 0.330 e. The van der Waals surface area contributed by atoms with Crippen LogP contribution in [0.3, 0.4) is 0 Å². The lowest BCUT2D eigenvalue weighted by Gasteiger charge is -2.38. The molecule has 1 aliphatic rings. The number of rotatable bonds is 9. The van der Waals surface area contributed by atoms with Crippen molar-refractivity contribution in [1.29, 1.82) is 0 Å².